The summed E-state index contributed by atoms with van der Waals surface area (Å²) in [5, 5.41) is 14.4. The molecule has 0 bridgehead atoms. The van der Waals surface area contributed by atoms with Crippen LogP contribution in [0.3, 0.4) is 0 Å². The number of aromatic nitrogens is 2. The predicted molar refractivity (Wildman–Crippen MR) is 95.3 cm³/mol. The first-order chi connectivity index (χ1) is 12.5. The summed E-state index contributed by atoms with van der Waals surface area (Å²) in [6.45, 7) is 4.68. The minimum absolute atomic E-state index is 0.0575. The van der Waals surface area contributed by atoms with E-state index >= 15 is 0 Å². The highest BCUT2D eigenvalue weighted by Crippen LogP contribution is 2.15. The van der Waals surface area contributed by atoms with Crippen LogP contribution >= 0.6 is 0 Å². The summed E-state index contributed by atoms with van der Waals surface area (Å²) in [4.78, 5) is 31.9. The Labute approximate surface area is 151 Å². The highest BCUT2D eigenvalue weighted by Gasteiger charge is 2.20. The number of pyridine rings is 2. The van der Waals surface area contributed by atoms with E-state index in [1.165, 1.54) is 12.3 Å². The number of anilines is 1. The number of amides is 2. The summed E-state index contributed by atoms with van der Waals surface area (Å²) in [5.74, 6) is 0.484. The van der Waals surface area contributed by atoms with Crippen molar-refractivity contribution < 1.29 is 14.3 Å². The highest BCUT2D eigenvalue weighted by molar-refractivity contribution is 5.90. The van der Waals surface area contributed by atoms with Gasteiger partial charge in [0.05, 0.1) is 0 Å². The van der Waals surface area contributed by atoms with Crippen LogP contribution < -0.4 is 14.9 Å². The Bertz CT molecular complexity index is 803. The molecule has 1 aliphatic rings. The second kappa shape index (κ2) is 7.81. The zero-order chi connectivity index (χ0) is 18.5. The number of carbonyl (C=O) groups excluding carboxylic acids is 2. The topological polar surface area (TPSA) is 92.5 Å². The molecule has 3 heterocycles. The van der Waals surface area contributed by atoms with E-state index in [9.17, 15) is 14.8 Å². The van der Waals surface area contributed by atoms with Crippen LogP contribution in [0.15, 0.2) is 42.7 Å². The van der Waals surface area contributed by atoms with Crippen molar-refractivity contribution in [1.29, 1.82) is 0 Å². The molecule has 136 valence electrons. The first-order valence-electron chi connectivity index (χ1n) is 8.46. The van der Waals surface area contributed by atoms with Gasteiger partial charge in [0.25, 0.3) is 5.69 Å². The molecule has 0 aliphatic carbocycles. The maximum Gasteiger partial charge on any atom is 0.317 e. The van der Waals surface area contributed by atoms with Crippen LogP contribution in [0.1, 0.15) is 23.0 Å². The smallest absolute Gasteiger partial charge is 0.317 e. The Morgan fingerprint density at radius 1 is 1.23 bits per heavy atom. The van der Waals surface area contributed by atoms with Gasteiger partial charge >= 0.3 is 5.91 Å². The molecule has 1 aliphatic heterocycles. The van der Waals surface area contributed by atoms with Crippen molar-refractivity contribution >= 4 is 17.6 Å². The van der Waals surface area contributed by atoms with E-state index in [0.717, 1.165) is 24.5 Å². The Morgan fingerprint density at radius 2 is 2.00 bits per heavy atom. The third kappa shape index (κ3) is 4.08. The van der Waals surface area contributed by atoms with Crippen LogP contribution in [0, 0.1) is 5.21 Å². The number of hydrogen-bond acceptors (Lipinski definition) is 5. The molecule has 0 aromatic carbocycles. The standard InChI is InChI=1S/C18H21N5O3/c1-14(24)21-8-10-22(11-9-21)17-12-15(5-6-19-17)13-20-18(25)16-4-2-3-7-23(16)26/h2-7,12H,8-11,13H2,1H3,(H,20,25). The van der Waals surface area contributed by atoms with Crippen LogP contribution in [0.5, 0.6) is 0 Å². The van der Waals surface area contributed by atoms with Crippen LogP contribution in [0.25, 0.3) is 0 Å². The number of nitrogens with one attached hydrogen (secondary N) is 1. The van der Waals surface area contributed by atoms with Crippen molar-refractivity contribution in [3.05, 3.63) is 59.2 Å². The normalized spacial score (nSPS) is 14.2. The third-order valence-corrected chi connectivity index (χ3v) is 4.37. The van der Waals surface area contributed by atoms with Crippen molar-refractivity contribution in [1.82, 2.24) is 15.2 Å². The lowest BCUT2D eigenvalue weighted by molar-refractivity contribution is -0.607. The summed E-state index contributed by atoms with van der Waals surface area (Å²) in [6.07, 6.45) is 2.99. The molecule has 3 rings (SSSR count). The summed E-state index contributed by atoms with van der Waals surface area (Å²) < 4.78 is 0.543. The van der Waals surface area contributed by atoms with Crippen LogP contribution in [-0.2, 0) is 11.3 Å². The molecule has 2 aromatic rings. The van der Waals surface area contributed by atoms with E-state index in [1.54, 1.807) is 25.3 Å². The van der Waals surface area contributed by atoms with Gasteiger partial charge in [-0.15, -0.1) is 0 Å². The van der Waals surface area contributed by atoms with E-state index < -0.39 is 5.91 Å². The number of carbonyl (C=O) groups is 2. The molecule has 1 saturated heterocycles. The van der Waals surface area contributed by atoms with Crippen LogP contribution in [0.4, 0.5) is 5.82 Å². The highest BCUT2D eigenvalue weighted by atomic mass is 16.5. The van der Waals surface area contributed by atoms with Crippen molar-refractivity contribution in [3.63, 3.8) is 0 Å². The van der Waals surface area contributed by atoms with E-state index in [0.29, 0.717) is 24.4 Å². The van der Waals surface area contributed by atoms with E-state index in [-0.39, 0.29) is 11.6 Å². The fourth-order valence-electron chi connectivity index (χ4n) is 2.87. The molecular weight excluding hydrogens is 334 g/mol. The molecule has 8 heteroatoms. The number of nitrogens with zero attached hydrogens (tertiary/aromatic N) is 4. The van der Waals surface area contributed by atoms with Gasteiger partial charge in [0.15, 0.2) is 6.20 Å². The second-order valence-electron chi connectivity index (χ2n) is 6.11. The van der Waals surface area contributed by atoms with Crippen molar-refractivity contribution in [2.45, 2.75) is 13.5 Å². The molecule has 0 atom stereocenters. The quantitative estimate of drug-likeness (QED) is 0.630. The van der Waals surface area contributed by atoms with Crippen molar-refractivity contribution in [2.24, 2.45) is 0 Å². The molecule has 1 N–H and O–H groups in total. The van der Waals surface area contributed by atoms with Gasteiger partial charge in [-0.25, -0.2) is 4.98 Å². The molecule has 0 radical (unpaired) electrons. The summed E-state index contributed by atoms with van der Waals surface area (Å²) in [5.41, 5.74) is 0.952. The average Bonchev–Trinajstić information content (AvgIpc) is 2.67. The van der Waals surface area contributed by atoms with Gasteiger partial charge in [0.2, 0.25) is 5.91 Å². The number of piperazine rings is 1. The van der Waals surface area contributed by atoms with E-state index in [1.807, 2.05) is 17.0 Å². The lowest BCUT2D eigenvalue weighted by Gasteiger charge is -2.35. The molecule has 0 spiro atoms. The molecule has 2 aromatic heterocycles. The molecular formula is C18H21N5O3. The zero-order valence-corrected chi connectivity index (χ0v) is 14.6. The van der Waals surface area contributed by atoms with Gasteiger partial charge in [0, 0.05) is 58.0 Å². The Balaban J connectivity index is 1.60. The van der Waals surface area contributed by atoms with Crippen LogP contribution in [0.2, 0.25) is 0 Å². The van der Waals surface area contributed by atoms with Crippen LogP contribution in [-0.4, -0.2) is 47.9 Å². The minimum atomic E-state index is -0.422. The molecule has 8 nitrogen and oxygen atoms in total. The monoisotopic (exact) mass is 355 g/mol. The largest absolute Gasteiger partial charge is 0.618 e. The molecule has 0 saturated carbocycles. The maximum absolute atomic E-state index is 12.1. The van der Waals surface area contributed by atoms with Gasteiger partial charge in [-0.1, -0.05) is 0 Å². The minimum Gasteiger partial charge on any atom is -0.618 e. The summed E-state index contributed by atoms with van der Waals surface area (Å²) in [7, 11) is 0. The average molecular weight is 355 g/mol. The van der Waals surface area contributed by atoms with Gasteiger partial charge in [-0.2, -0.15) is 4.73 Å². The fourth-order valence-corrected chi connectivity index (χ4v) is 2.87. The van der Waals surface area contributed by atoms with E-state index in [4.69, 9.17) is 0 Å². The summed E-state index contributed by atoms with van der Waals surface area (Å²) >= 11 is 0. The molecule has 1 fully saturated rings. The second-order valence-corrected chi connectivity index (χ2v) is 6.11. The number of hydrogen-bond donors (Lipinski definition) is 1. The van der Waals surface area contributed by atoms with Crippen molar-refractivity contribution in [3.8, 4) is 0 Å². The third-order valence-electron chi connectivity index (χ3n) is 4.37. The SMILES string of the molecule is CC(=O)N1CCN(c2cc(CNC(=O)c3cccc[n+]3[O-])ccn2)CC1. The van der Waals surface area contributed by atoms with Gasteiger partial charge < -0.3 is 20.3 Å². The predicted octanol–water partition coefficient (Wildman–Crippen LogP) is 0.313. The molecule has 0 unspecified atom stereocenters. The maximum atomic E-state index is 12.1. The lowest BCUT2D eigenvalue weighted by atomic mass is 10.2. The lowest BCUT2D eigenvalue weighted by Crippen LogP contribution is -2.48. The first-order valence-corrected chi connectivity index (χ1v) is 8.46. The van der Waals surface area contributed by atoms with Gasteiger partial charge in [-0.05, 0) is 23.8 Å². The fraction of sp³-hybridized carbons (Fsp3) is 0.333. The van der Waals surface area contributed by atoms with Gasteiger partial charge in [-0.3, -0.25) is 9.59 Å². The van der Waals surface area contributed by atoms with Gasteiger partial charge in [0.1, 0.15) is 5.82 Å². The molecule has 26 heavy (non-hydrogen) atoms. The Kier molecular flexibility index (Phi) is 5.31. The zero-order valence-electron chi connectivity index (χ0n) is 14.6. The summed E-state index contributed by atoms with van der Waals surface area (Å²) in [6, 6.07) is 8.44. The first kappa shape index (κ1) is 17.7. The number of rotatable bonds is 4. The molecule has 2 amide bonds. The van der Waals surface area contributed by atoms with E-state index in [2.05, 4.69) is 15.2 Å². The van der Waals surface area contributed by atoms with Crippen molar-refractivity contribution in [2.75, 3.05) is 31.1 Å². The Hall–Kier alpha value is -3.16. The Morgan fingerprint density at radius 3 is 2.69 bits per heavy atom.